The molecule has 3 rings (SSSR count). The number of pyridine rings is 1. The van der Waals surface area contributed by atoms with E-state index in [1.165, 1.54) is 0 Å². The van der Waals surface area contributed by atoms with E-state index in [0.717, 1.165) is 32.2 Å². The summed E-state index contributed by atoms with van der Waals surface area (Å²) in [5, 5.41) is 12.9. The van der Waals surface area contributed by atoms with Gasteiger partial charge in [0.2, 0.25) is 0 Å². The summed E-state index contributed by atoms with van der Waals surface area (Å²) in [4.78, 5) is 4.46. The molecule has 0 atom stereocenters. The fraction of sp³-hybridized carbons (Fsp3) is 0.133. The van der Waals surface area contributed by atoms with E-state index < -0.39 is 0 Å². The molecule has 0 saturated carbocycles. The van der Waals surface area contributed by atoms with Gasteiger partial charge in [-0.05, 0) is 53.0 Å². The summed E-state index contributed by atoms with van der Waals surface area (Å²) in [5.74, 6) is 0.689. The molecule has 0 spiro atoms. The molecule has 0 amide bonds. The predicted molar refractivity (Wildman–Crippen MR) is 89.2 cm³/mol. The topological polar surface area (TPSA) is 50.7 Å². The van der Waals surface area contributed by atoms with E-state index in [1.807, 2.05) is 38.1 Å². The van der Waals surface area contributed by atoms with Crippen LogP contribution in [0.15, 0.2) is 34.9 Å². The van der Waals surface area contributed by atoms with Crippen LogP contribution in [0.1, 0.15) is 11.1 Å². The van der Waals surface area contributed by atoms with Crippen LogP contribution in [-0.2, 0) is 0 Å². The maximum Gasteiger partial charge on any atom is 0.156 e. The highest BCUT2D eigenvalue weighted by Crippen LogP contribution is 2.28. The summed E-state index contributed by atoms with van der Waals surface area (Å²) >= 11 is 9.42. The number of hydrogen-bond donors (Lipinski definition) is 1. The maximum atomic E-state index is 5.98. The quantitative estimate of drug-likeness (QED) is 0.710. The van der Waals surface area contributed by atoms with Crippen molar-refractivity contribution < 1.29 is 0 Å². The van der Waals surface area contributed by atoms with Crippen LogP contribution in [0.2, 0.25) is 5.15 Å². The monoisotopic (exact) mass is 362 g/mol. The molecule has 3 aromatic rings. The van der Waals surface area contributed by atoms with Crippen LogP contribution in [0, 0.1) is 13.8 Å². The lowest BCUT2D eigenvalue weighted by Gasteiger charge is -2.12. The summed E-state index contributed by atoms with van der Waals surface area (Å²) in [6.07, 6.45) is 1.78. The van der Waals surface area contributed by atoms with Crippen LogP contribution in [0.5, 0.6) is 0 Å². The molecular formula is C15H12BrClN4. The fourth-order valence-electron chi connectivity index (χ4n) is 2.06. The second kappa shape index (κ2) is 5.58. The molecule has 21 heavy (non-hydrogen) atoms. The molecule has 1 N–H and O–H groups in total. The van der Waals surface area contributed by atoms with Crippen molar-refractivity contribution in [2.75, 3.05) is 5.32 Å². The Morgan fingerprint density at radius 3 is 2.76 bits per heavy atom. The van der Waals surface area contributed by atoms with Gasteiger partial charge in [0.1, 0.15) is 0 Å². The molecule has 4 nitrogen and oxygen atoms in total. The van der Waals surface area contributed by atoms with Gasteiger partial charge < -0.3 is 5.32 Å². The molecule has 106 valence electrons. The van der Waals surface area contributed by atoms with E-state index in [2.05, 4.69) is 36.4 Å². The predicted octanol–water partition coefficient (Wildman–Crippen LogP) is 4.80. The number of hydrogen-bond acceptors (Lipinski definition) is 4. The average Bonchev–Trinajstić information content (AvgIpc) is 2.48. The minimum absolute atomic E-state index is 0.429. The zero-order valence-corrected chi connectivity index (χ0v) is 13.8. The van der Waals surface area contributed by atoms with Crippen molar-refractivity contribution >= 4 is 49.9 Å². The Morgan fingerprint density at radius 1 is 1.14 bits per heavy atom. The van der Waals surface area contributed by atoms with Crippen LogP contribution >= 0.6 is 27.5 Å². The Kier molecular flexibility index (Phi) is 3.78. The largest absolute Gasteiger partial charge is 0.337 e. The van der Waals surface area contributed by atoms with Crippen LogP contribution in [0.4, 0.5) is 11.5 Å². The molecule has 0 aliphatic rings. The minimum atomic E-state index is 0.429. The molecule has 2 aromatic heterocycles. The molecular weight excluding hydrogens is 352 g/mol. The van der Waals surface area contributed by atoms with Crippen LogP contribution < -0.4 is 5.32 Å². The van der Waals surface area contributed by atoms with Gasteiger partial charge in [-0.25, -0.2) is 0 Å². The molecule has 2 heterocycles. The third kappa shape index (κ3) is 2.71. The van der Waals surface area contributed by atoms with E-state index in [-0.39, 0.29) is 0 Å². The molecule has 0 aliphatic heterocycles. The van der Waals surface area contributed by atoms with Gasteiger partial charge in [0.15, 0.2) is 11.0 Å². The van der Waals surface area contributed by atoms with Gasteiger partial charge >= 0.3 is 0 Å². The first-order valence-electron chi connectivity index (χ1n) is 6.37. The van der Waals surface area contributed by atoms with Crippen molar-refractivity contribution in [3.05, 3.63) is 51.2 Å². The lowest BCUT2D eigenvalue weighted by Crippen LogP contribution is -2.02. The third-order valence-electron chi connectivity index (χ3n) is 3.40. The Hall–Kier alpha value is -1.72. The first-order valence-corrected chi connectivity index (χ1v) is 7.54. The van der Waals surface area contributed by atoms with Gasteiger partial charge in [-0.15, -0.1) is 10.2 Å². The van der Waals surface area contributed by atoms with Crippen LogP contribution in [0.3, 0.4) is 0 Å². The lowest BCUT2D eigenvalue weighted by atomic mass is 10.1. The Balaban J connectivity index is 2.08. The summed E-state index contributed by atoms with van der Waals surface area (Å²) in [7, 11) is 0. The molecule has 0 saturated heterocycles. The summed E-state index contributed by atoms with van der Waals surface area (Å²) in [5.41, 5.74) is 3.67. The van der Waals surface area contributed by atoms with E-state index in [9.17, 15) is 0 Å². The van der Waals surface area contributed by atoms with Crippen LogP contribution in [0.25, 0.3) is 10.9 Å². The van der Waals surface area contributed by atoms with Crippen molar-refractivity contribution in [2.45, 2.75) is 13.8 Å². The first-order chi connectivity index (χ1) is 10.1. The third-order valence-corrected chi connectivity index (χ3v) is 4.19. The van der Waals surface area contributed by atoms with E-state index in [4.69, 9.17) is 11.6 Å². The number of benzene rings is 1. The van der Waals surface area contributed by atoms with Crippen molar-refractivity contribution in [2.24, 2.45) is 0 Å². The molecule has 1 aromatic carbocycles. The number of aromatic nitrogens is 3. The summed E-state index contributed by atoms with van der Waals surface area (Å²) in [6, 6.07) is 7.99. The van der Waals surface area contributed by atoms with Gasteiger partial charge in [0, 0.05) is 16.1 Å². The van der Waals surface area contributed by atoms with Crippen LogP contribution in [-0.4, -0.2) is 15.2 Å². The molecule has 0 radical (unpaired) electrons. The normalized spacial score (nSPS) is 10.9. The van der Waals surface area contributed by atoms with Crippen molar-refractivity contribution in [1.82, 2.24) is 15.2 Å². The lowest BCUT2D eigenvalue weighted by molar-refractivity contribution is 1.00. The SMILES string of the molecule is Cc1c(Cl)nnc(Nc2cccc3cc(Br)cnc23)c1C. The number of nitrogens with one attached hydrogen (secondary N) is 1. The number of anilines is 2. The number of fused-ring (bicyclic) bond motifs is 1. The summed E-state index contributed by atoms with van der Waals surface area (Å²) < 4.78 is 0.949. The molecule has 0 bridgehead atoms. The molecule has 6 heteroatoms. The van der Waals surface area contributed by atoms with Crippen molar-refractivity contribution in [3.63, 3.8) is 0 Å². The second-order valence-electron chi connectivity index (χ2n) is 4.75. The van der Waals surface area contributed by atoms with E-state index >= 15 is 0 Å². The Morgan fingerprint density at radius 2 is 1.95 bits per heavy atom. The highest BCUT2D eigenvalue weighted by atomic mass is 79.9. The summed E-state index contributed by atoms with van der Waals surface area (Å²) in [6.45, 7) is 3.89. The van der Waals surface area contributed by atoms with Gasteiger partial charge in [0.25, 0.3) is 0 Å². The van der Waals surface area contributed by atoms with Gasteiger partial charge in [-0.3, -0.25) is 4.98 Å². The number of nitrogens with zero attached hydrogens (tertiary/aromatic N) is 3. The number of halogens is 2. The van der Waals surface area contributed by atoms with Gasteiger partial charge in [0.05, 0.1) is 11.2 Å². The van der Waals surface area contributed by atoms with Gasteiger partial charge in [-0.2, -0.15) is 0 Å². The van der Waals surface area contributed by atoms with Crippen molar-refractivity contribution in [3.8, 4) is 0 Å². The first kappa shape index (κ1) is 14.2. The van der Waals surface area contributed by atoms with Crippen molar-refractivity contribution in [1.29, 1.82) is 0 Å². The molecule has 0 aliphatic carbocycles. The van der Waals surface area contributed by atoms with E-state index in [1.54, 1.807) is 6.20 Å². The Labute approximate surface area is 135 Å². The zero-order chi connectivity index (χ0) is 15.0. The van der Waals surface area contributed by atoms with Gasteiger partial charge in [-0.1, -0.05) is 23.7 Å². The van der Waals surface area contributed by atoms with E-state index in [0.29, 0.717) is 11.0 Å². The standard InChI is InChI=1S/C15H12BrClN4/c1-8-9(2)15(21-20-14(8)17)19-12-5-3-4-10-6-11(16)7-18-13(10)12/h3-7H,1-2H3,(H,19,21). The maximum absolute atomic E-state index is 5.98. The Bertz CT molecular complexity index is 835. The highest BCUT2D eigenvalue weighted by Gasteiger charge is 2.10. The molecule has 0 fully saturated rings. The average molecular weight is 364 g/mol. The zero-order valence-electron chi connectivity index (χ0n) is 11.5. The smallest absolute Gasteiger partial charge is 0.156 e. The minimum Gasteiger partial charge on any atom is -0.337 e. The highest BCUT2D eigenvalue weighted by molar-refractivity contribution is 9.10. The molecule has 0 unspecified atom stereocenters. The number of rotatable bonds is 2. The fourth-order valence-corrected chi connectivity index (χ4v) is 2.59. The second-order valence-corrected chi connectivity index (χ2v) is 6.02. The number of para-hydroxylation sites is 1.